The van der Waals surface area contributed by atoms with E-state index < -0.39 is 11.0 Å². The van der Waals surface area contributed by atoms with Crippen LogP contribution < -0.4 is 0 Å². The summed E-state index contributed by atoms with van der Waals surface area (Å²) in [7, 11) is -2.86. The zero-order chi connectivity index (χ0) is 3.58. The summed E-state index contributed by atoms with van der Waals surface area (Å²) in [5.41, 5.74) is 0. The van der Waals surface area contributed by atoms with Gasteiger partial charge in [0.05, 0.1) is 0 Å². The van der Waals surface area contributed by atoms with Gasteiger partial charge in [-0.3, -0.25) is 0 Å². The Kier molecular flexibility index (Phi) is 24.6. The Labute approximate surface area is 58.6 Å². The Morgan fingerprint density at radius 3 is 1.33 bits per heavy atom. The van der Waals surface area contributed by atoms with Crippen molar-refractivity contribution in [3.63, 3.8) is 0 Å². The Morgan fingerprint density at radius 2 is 1.33 bits per heavy atom. The molecular weight excluding hydrogens is 208 g/mol. The molecule has 0 amide bonds. The molecule has 0 heterocycles. The number of thiol groups is 1. The van der Waals surface area contributed by atoms with E-state index in [4.69, 9.17) is 13.0 Å². The maximum Gasteiger partial charge on any atom is 2.00 e. The van der Waals surface area contributed by atoms with E-state index in [9.17, 15) is 0 Å². The van der Waals surface area contributed by atoms with Crippen LogP contribution in [0.1, 0.15) is 0 Å². The fourth-order valence-electron chi connectivity index (χ4n) is 0. The third-order valence-electron chi connectivity index (χ3n) is 0. The summed E-state index contributed by atoms with van der Waals surface area (Å²) in [6.45, 7) is 0. The third-order valence-corrected chi connectivity index (χ3v) is 0. The first-order valence-corrected chi connectivity index (χ1v) is 1.55. The van der Waals surface area contributed by atoms with E-state index in [1.807, 2.05) is 0 Å². The standard InChI is InChI=1S/Mo.HO3S.H2S/c;1-4(2)3;/h;(H,1,2,3);1H2/q+2;-1;/p-1. The molecule has 6 heteroatoms. The van der Waals surface area contributed by atoms with E-state index in [0.717, 1.165) is 0 Å². The molecular formula is H2MoO3S2. The van der Waals surface area contributed by atoms with E-state index >= 15 is 0 Å². The van der Waals surface area contributed by atoms with Gasteiger partial charge in [0.2, 0.25) is 0 Å². The Morgan fingerprint density at radius 1 is 1.33 bits per heavy atom. The van der Waals surface area contributed by atoms with Crippen LogP contribution in [0.5, 0.6) is 0 Å². The SMILES string of the molecule is O=[S-](=O)O.[Mo+2].[SH-]. The van der Waals surface area contributed by atoms with Crippen molar-refractivity contribution >= 4 is 24.5 Å². The summed E-state index contributed by atoms with van der Waals surface area (Å²) in [6.07, 6.45) is 0. The molecule has 0 aliphatic heterocycles. The average Bonchev–Trinajstić information content (AvgIpc) is 0.811. The Bertz CT molecular complexity index is 57.2. The van der Waals surface area contributed by atoms with Gasteiger partial charge in [0.15, 0.2) is 0 Å². The molecule has 0 aliphatic rings. The predicted octanol–water partition coefficient (Wildman–Crippen LogP) is -0.504. The monoisotopic (exact) mass is 212 g/mol. The van der Waals surface area contributed by atoms with E-state index in [1.54, 1.807) is 0 Å². The van der Waals surface area contributed by atoms with Crippen LogP contribution in [0.15, 0.2) is 0 Å². The largest absolute Gasteiger partial charge is 2.00 e. The molecule has 0 unspecified atom stereocenters. The minimum atomic E-state index is -2.86. The smallest absolute Gasteiger partial charge is 0.813 e. The molecule has 0 fully saturated rings. The Balaban J connectivity index is -0.0000000450. The molecule has 0 rings (SSSR count). The van der Waals surface area contributed by atoms with Crippen LogP contribution in [-0.2, 0) is 54.0 Å². The molecule has 0 radical (unpaired) electrons. The predicted molar refractivity (Wildman–Crippen MR) is 20.1 cm³/mol. The molecule has 6 heavy (non-hydrogen) atoms. The molecule has 0 saturated heterocycles. The zero-order valence-electron chi connectivity index (χ0n) is 2.53. The maximum absolute atomic E-state index is 8.56. The molecule has 0 aliphatic carbocycles. The topological polar surface area (TPSA) is 54.4 Å². The summed E-state index contributed by atoms with van der Waals surface area (Å²) in [6, 6.07) is 0. The second-order valence-corrected chi connectivity index (χ2v) is 0.651. The minimum absolute atomic E-state index is 0. The normalized spacial score (nSPS) is 5.67. The van der Waals surface area contributed by atoms with Gasteiger partial charge in [-0.05, 0) is 0 Å². The number of hydrogen-bond donors (Lipinski definition) is 1. The first-order valence-electron chi connectivity index (χ1n) is 0.516. The fraction of sp³-hybridized carbons (Fsp3) is 0. The second-order valence-electron chi connectivity index (χ2n) is 0.217. The number of rotatable bonds is 0. The zero-order valence-corrected chi connectivity index (χ0v) is 6.25. The summed E-state index contributed by atoms with van der Waals surface area (Å²) in [5, 5.41) is 0. The van der Waals surface area contributed by atoms with Crippen LogP contribution in [0, 0.1) is 0 Å². The summed E-state index contributed by atoms with van der Waals surface area (Å²) in [4.78, 5) is 0. The first kappa shape index (κ1) is 15.8. The van der Waals surface area contributed by atoms with Crippen molar-refractivity contribution in [2.45, 2.75) is 0 Å². The molecule has 0 bridgehead atoms. The Hall–Kier alpha value is 0.948. The third kappa shape index (κ3) is 85.8. The van der Waals surface area contributed by atoms with Crippen LogP contribution in [0.4, 0.5) is 0 Å². The van der Waals surface area contributed by atoms with Gasteiger partial charge in [-0.2, -0.15) is 0 Å². The van der Waals surface area contributed by atoms with Crippen LogP contribution >= 0.6 is 0 Å². The molecule has 0 spiro atoms. The van der Waals surface area contributed by atoms with E-state index in [1.165, 1.54) is 0 Å². The minimum Gasteiger partial charge on any atom is -0.813 e. The maximum atomic E-state index is 8.56. The van der Waals surface area contributed by atoms with Gasteiger partial charge in [-0.1, -0.05) is 0 Å². The van der Waals surface area contributed by atoms with Gasteiger partial charge in [0, 0.05) is 11.0 Å². The van der Waals surface area contributed by atoms with Crippen LogP contribution in [-0.4, -0.2) is 4.55 Å². The van der Waals surface area contributed by atoms with Crippen molar-refractivity contribution in [1.82, 2.24) is 0 Å². The van der Waals surface area contributed by atoms with Gasteiger partial charge >= 0.3 is 21.1 Å². The van der Waals surface area contributed by atoms with Crippen molar-refractivity contribution in [2.75, 3.05) is 0 Å². The molecule has 0 atom stereocenters. The van der Waals surface area contributed by atoms with Crippen molar-refractivity contribution in [2.24, 2.45) is 0 Å². The quantitative estimate of drug-likeness (QED) is 0.192. The molecule has 0 aromatic heterocycles. The van der Waals surface area contributed by atoms with Crippen LogP contribution in [0.25, 0.3) is 0 Å². The van der Waals surface area contributed by atoms with Gasteiger partial charge in [0.1, 0.15) is 0 Å². The van der Waals surface area contributed by atoms with Crippen LogP contribution in [0.3, 0.4) is 0 Å². The first-order chi connectivity index (χ1) is 1.73. The summed E-state index contributed by atoms with van der Waals surface area (Å²) in [5.74, 6) is 0. The second kappa shape index (κ2) is 9.34. The molecule has 0 aromatic carbocycles. The molecule has 0 aromatic rings. The van der Waals surface area contributed by atoms with E-state index in [2.05, 4.69) is 0 Å². The van der Waals surface area contributed by atoms with E-state index in [0.29, 0.717) is 0 Å². The van der Waals surface area contributed by atoms with Crippen molar-refractivity contribution in [3.05, 3.63) is 0 Å². The molecule has 38 valence electrons. The molecule has 3 nitrogen and oxygen atoms in total. The van der Waals surface area contributed by atoms with Gasteiger partial charge in [0.25, 0.3) is 0 Å². The van der Waals surface area contributed by atoms with Gasteiger partial charge in [-0.15, -0.1) is 0 Å². The molecule has 0 saturated carbocycles. The van der Waals surface area contributed by atoms with Gasteiger partial charge < -0.3 is 26.5 Å². The van der Waals surface area contributed by atoms with Crippen molar-refractivity contribution in [1.29, 1.82) is 0 Å². The van der Waals surface area contributed by atoms with Gasteiger partial charge in [-0.25, -0.2) is 0 Å². The summed E-state index contributed by atoms with van der Waals surface area (Å²) < 4.78 is 24.1. The molecule has 1 N–H and O–H groups in total. The number of hydrogen-bond acceptors (Lipinski definition) is 4. The fourth-order valence-corrected chi connectivity index (χ4v) is 0. The van der Waals surface area contributed by atoms with Crippen molar-refractivity contribution < 1.29 is 34.0 Å². The average molecular weight is 210 g/mol. The van der Waals surface area contributed by atoms with Crippen LogP contribution in [0.2, 0.25) is 0 Å². The van der Waals surface area contributed by atoms with Crippen molar-refractivity contribution in [3.8, 4) is 0 Å². The van der Waals surface area contributed by atoms with E-state index in [-0.39, 0.29) is 34.6 Å². The summed E-state index contributed by atoms with van der Waals surface area (Å²) >= 11 is 0.